The molecule has 1 unspecified atom stereocenters. The molecule has 2 aromatic carbocycles. The van der Waals surface area contributed by atoms with Gasteiger partial charge in [0.05, 0.1) is 5.92 Å². The Labute approximate surface area is 116 Å². The summed E-state index contributed by atoms with van der Waals surface area (Å²) in [6.07, 6.45) is -0.695. The smallest absolute Gasteiger partial charge is 0.292 e. The van der Waals surface area contributed by atoms with E-state index in [0.29, 0.717) is 0 Å². The fourth-order valence-electron chi connectivity index (χ4n) is 2.45. The fraction of sp³-hybridized carbons (Fsp3) is 0.125. The molecule has 1 heterocycles. The highest BCUT2D eigenvalue weighted by atomic mass is 16.5. The maximum atomic E-state index is 12.0. The van der Waals surface area contributed by atoms with E-state index < -0.39 is 6.10 Å². The number of ether oxygens (including phenoxy) is 1. The van der Waals surface area contributed by atoms with Gasteiger partial charge in [0.2, 0.25) is 0 Å². The summed E-state index contributed by atoms with van der Waals surface area (Å²) in [7, 11) is 0. The van der Waals surface area contributed by atoms with Gasteiger partial charge in [0.25, 0.3) is 11.9 Å². The van der Waals surface area contributed by atoms with Gasteiger partial charge in [0, 0.05) is 0 Å². The van der Waals surface area contributed by atoms with E-state index in [1.807, 2.05) is 60.7 Å². The van der Waals surface area contributed by atoms with Gasteiger partial charge in [0.15, 0.2) is 6.10 Å². The average molecular weight is 266 g/mol. The monoisotopic (exact) mass is 266 g/mol. The van der Waals surface area contributed by atoms with Crippen molar-refractivity contribution < 1.29 is 9.53 Å². The third kappa shape index (κ3) is 2.28. The number of amides is 1. The summed E-state index contributed by atoms with van der Waals surface area (Å²) < 4.78 is 5.42. The summed E-state index contributed by atoms with van der Waals surface area (Å²) in [5.41, 5.74) is 7.52. The van der Waals surface area contributed by atoms with Crippen LogP contribution in [-0.4, -0.2) is 18.0 Å². The maximum absolute atomic E-state index is 12.0. The highest BCUT2D eigenvalue weighted by Gasteiger charge is 2.37. The Morgan fingerprint density at radius 2 is 1.45 bits per heavy atom. The summed E-state index contributed by atoms with van der Waals surface area (Å²) in [5.74, 6) is -0.546. The van der Waals surface area contributed by atoms with Crippen molar-refractivity contribution in [2.75, 3.05) is 0 Å². The third-order valence-electron chi connectivity index (χ3n) is 3.33. The lowest BCUT2D eigenvalue weighted by Gasteiger charge is -2.22. The topological polar surface area (TPSA) is 64.7 Å². The van der Waals surface area contributed by atoms with E-state index >= 15 is 0 Å². The van der Waals surface area contributed by atoms with Gasteiger partial charge in [-0.05, 0) is 11.1 Å². The molecule has 20 heavy (non-hydrogen) atoms. The first kappa shape index (κ1) is 12.4. The number of carbonyl (C=O) groups is 1. The fourth-order valence-corrected chi connectivity index (χ4v) is 2.45. The minimum Gasteiger partial charge on any atom is -0.451 e. The highest BCUT2D eigenvalue weighted by molar-refractivity contribution is 5.98. The number of rotatable bonds is 3. The molecule has 0 radical (unpaired) electrons. The van der Waals surface area contributed by atoms with Gasteiger partial charge in [-0.15, -0.1) is 0 Å². The first-order chi connectivity index (χ1) is 9.75. The second-order valence-corrected chi connectivity index (χ2v) is 4.63. The average Bonchev–Trinajstić information content (AvgIpc) is 2.80. The van der Waals surface area contributed by atoms with Gasteiger partial charge in [-0.3, -0.25) is 4.79 Å². The molecule has 3 rings (SSSR count). The van der Waals surface area contributed by atoms with Gasteiger partial charge < -0.3 is 10.5 Å². The number of benzene rings is 2. The van der Waals surface area contributed by atoms with Gasteiger partial charge in [-0.1, -0.05) is 60.7 Å². The summed E-state index contributed by atoms with van der Waals surface area (Å²) in [4.78, 5) is 15.7. The van der Waals surface area contributed by atoms with Crippen LogP contribution in [0.5, 0.6) is 0 Å². The SMILES string of the molecule is NC1=NC(=O)C(C(c2ccccc2)c2ccccc2)O1. The zero-order chi connectivity index (χ0) is 13.9. The molecule has 100 valence electrons. The van der Waals surface area contributed by atoms with Crippen LogP contribution in [0.2, 0.25) is 0 Å². The lowest BCUT2D eigenvalue weighted by Crippen LogP contribution is -2.28. The van der Waals surface area contributed by atoms with Crippen LogP contribution in [-0.2, 0) is 9.53 Å². The Morgan fingerprint density at radius 3 is 1.85 bits per heavy atom. The molecule has 0 spiro atoms. The van der Waals surface area contributed by atoms with Crippen molar-refractivity contribution >= 4 is 11.9 Å². The van der Waals surface area contributed by atoms with Crippen LogP contribution >= 0.6 is 0 Å². The molecule has 2 aromatic rings. The van der Waals surface area contributed by atoms with E-state index in [-0.39, 0.29) is 17.8 Å². The number of aliphatic imine (C=N–C) groups is 1. The molecule has 0 saturated heterocycles. The van der Waals surface area contributed by atoms with Crippen molar-refractivity contribution in [2.24, 2.45) is 10.7 Å². The van der Waals surface area contributed by atoms with Crippen LogP contribution in [0.4, 0.5) is 0 Å². The normalized spacial score (nSPS) is 17.9. The Bertz CT molecular complexity index is 599. The van der Waals surface area contributed by atoms with Crippen molar-refractivity contribution in [3.05, 3.63) is 71.8 Å². The molecule has 2 N–H and O–H groups in total. The molecule has 1 atom stereocenters. The van der Waals surface area contributed by atoms with Crippen LogP contribution in [0.1, 0.15) is 17.0 Å². The lowest BCUT2D eigenvalue weighted by atomic mass is 9.86. The van der Waals surface area contributed by atoms with Gasteiger partial charge >= 0.3 is 0 Å². The van der Waals surface area contributed by atoms with Crippen molar-refractivity contribution in [2.45, 2.75) is 12.0 Å². The van der Waals surface area contributed by atoms with E-state index in [9.17, 15) is 4.79 Å². The van der Waals surface area contributed by atoms with E-state index in [1.54, 1.807) is 0 Å². The molecule has 1 aliphatic rings. The molecule has 1 amide bonds. The molecule has 0 bridgehead atoms. The second kappa shape index (κ2) is 5.17. The number of carbonyl (C=O) groups excluding carboxylic acids is 1. The molecule has 4 heteroatoms. The van der Waals surface area contributed by atoms with E-state index in [1.165, 1.54) is 0 Å². The Morgan fingerprint density at radius 1 is 0.950 bits per heavy atom. The Hall–Kier alpha value is -2.62. The first-order valence-corrected chi connectivity index (χ1v) is 6.40. The molecule has 4 nitrogen and oxygen atoms in total. The van der Waals surface area contributed by atoms with Gasteiger partial charge in [-0.25, -0.2) is 0 Å². The summed E-state index contributed by atoms with van der Waals surface area (Å²) in [5, 5.41) is 0. The minimum atomic E-state index is -0.695. The summed E-state index contributed by atoms with van der Waals surface area (Å²) >= 11 is 0. The van der Waals surface area contributed by atoms with Crippen molar-refractivity contribution in [3.8, 4) is 0 Å². The van der Waals surface area contributed by atoms with Crippen molar-refractivity contribution in [1.29, 1.82) is 0 Å². The third-order valence-corrected chi connectivity index (χ3v) is 3.33. The number of hydrogen-bond acceptors (Lipinski definition) is 3. The quantitative estimate of drug-likeness (QED) is 0.924. The van der Waals surface area contributed by atoms with Crippen LogP contribution in [0, 0.1) is 0 Å². The standard InChI is InChI=1S/C16H14N2O2/c17-16-18-15(19)14(20-16)13(11-7-3-1-4-8-11)12-9-5-2-6-10-12/h1-10,13-14H,(H2,17,18,19). The zero-order valence-electron chi connectivity index (χ0n) is 10.8. The molecule has 0 aromatic heterocycles. The summed E-state index contributed by atoms with van der Waals surface area (Å²) in [6.45, 7) is 0. The predicted molar refractivity (Wildman–Crippen MR) is 76.2 cm³/mol. The number of nitrogens with two attached hydrogens (primary N) is 1. The Kier molecular flexibility index (Phi) is 3.21. The maximum Gasteiger partial charge on any atom is 0.292 e. The van der Waals surface area contributed by atoms with Crippen LogP contribution in [0.15, 0.2) is 65.7 Å². The van der Waals surface area contributed by atoms with Crippen LogP contribution in [0.3, 0.4) is 0 Å². The van der Waals surface area contributed by atoms with Crippen molar-refractivity contribution in [3.63, 3.8) is 0 Å². The van der Waals surface area contributed by atoms with E-state index in [4.69, 9.17) is 10.5 Å². The van der Waals surface area contributed by atoms with Gasteiger partial charge in [0.1, 0.15) is 0 Å². The highest BCUT2D eigenvalue weighted by Crippen LogP contribution is 2.32. The Balaban J connectivity index is 2.04. The van der Waals surface area contributed by atoms with E-state index in [2.05, 4.69) is 4.99 Å². The predicted octanol–water partition coefficient (Wildman–Crippen LogP) is 2.06. The summed E-state index contributed by atoms with van der Waals surface area (Å²) in [6, 6.07) is 19.5. The van der Waals surface area contributed by atoms with E-state index in [0.717, 1.165) is 11.1 Å². The van der Waals surface area contributed by atoms with Crippen molar-refractivity contribution in [1.82, 2.24) is 0 Å². The zero-order valence-corrected chi connectivity index (χ0v) is 10.8. The minimum absolute atomic E-state index is 0.0585. The lowest BCUT2D eigenvalue weighted by molar-refractivity contribution is -0.123. The number of nitrogens with zero attached hydrogens (tertiary/aromatic N) is 1. The van der Waals surface area contributed by atoms with Crippen LogP contribution < -0.4 is 5.73 Å². The molecular formula is C16H14N2O2. The van der Waals surface area contributed by atoms with Gasteiger partial charge in [-0.2, -0.15) is 4.99 Å². The number of hydrogen-bond donors (Lipinski definition) is 1. The molecule has 0 aliphatic carbocycles. The molecule has 0 fully saturated rings. The second-order valence-electron chi connectivity index (χ2n) is 4.63. The molecular weight excluding hydrogens is 252 g/mol. The largest absolute Gasteiger partial charge is 0.451 e. The van der Waals surface area contributed by atoms with Crippen LogP contribution in [0.25, 0.3) is 0 Å². The molecule has 0 saturated carbocycles. The number of amidine groups is 1. The molecule has 1 aliphatic heterocycles. The first-order valence-electron chi connectivity index (χ1n) is 6.40.